The Labute approximate surface area is 95.6 Å². The first kappa shape index (κ1) is 9.41. The second-order valence-corrected chi connectivity index (χ2v) is 4.35. The molecule has 0 amide bonds. The monoisotopic (exact) mass is 206 g/mol. The molecule has 1 aliphatic rings. The molecule has 3 rings (SSSR count). The van der Waals surface area contributed by atoms with Crippen LogP contribution in [-0.2, 0) is 0 Å². The average molecular weight is 206 g/mol. The highest BCUT2D eigenvalue weighted by Crippen LogP contribution is 2.21. The molecule has 0 bridgehead atoms. The molecule has 0 saturated carbocycles. The standard InChI is InChI=1S/C16H14/c1-12-11-16(13-7-3-2-4-8-13)15-10-6-5-9-14(12)15/h2-10H,11H2,1H3. The number of benzene rings is 2. The Morgan fingerprint density at radius 2 is 1.38 bits per heavy atom. The van der Waals surface area contributed by atoms with Crippen molar-refractivity contribution in [3.63, 3.8) is 0 Å². The van der Waals surface area contributed by atoms with Gasteiger partial charge in [0.2, 0.25) is 0 Å². The SMILES string of the molecule is CC1=c2ccccc2=C(c2ccccc2)C1. The van der Waals surface area contributed by atoms with E-state index in [4.69, 9.17) is 0 Å². The first-order valence-corrected chi connectivity index (χ1v) is 5.70. The van der Waals surface area contributed by atoms with Crippen molar-refractivity contribution in [2.24, 2.45) is 0 Å². The third-order valence-corrected chi connectivity index (χ3v) is 3.28. The van der Waals surface area contributed by atoms with Crippen LogP contribution >= 0.6 is 0 Å². The minimum atomic E-state index is 1.09. The lowest BCUT2D eigenvalue weighted by Gasteiger charge is -2.02. The zero-order valence-electron chi connectivity index (χ0n) is 9.40. The molecule has 0 nitrogen and oxygen atoms in total. The zero-order chi connectivity index (χ0) is 11.0. The molecule has 0 heterocycles. The molecule has 78 valence electrons. The highest BCUT2D eigenvalue weighted by molar-refractivity contribution is 5.76. The summed E-state index contributed by atoms with van der Waals surface area (Å²) < 4.78 is 0. The molecule has 16 heavy (non-hydrogen) atoms. The van der Waals surface area contributed by atoms with Crippen molar-refractivity contribution < 1.29 is 0 Å². The maximum atomic E-state index is 2.23. The number of rotatable bonds is 1. The number of hydrogen-bond donors (Lipinski definition) is 0. The van der Waals surface area contributed by atoms with E-state index in [0.29, 0.717) is 0 Å². The maximum Gasteiger partial charge on any atom is -0.00485 e. The minimum absolute atomic E-state index is 1.09. The third-order valence-electron chi connectivity index (χ3n) is 3.28. The predicted molar refractivity (Wildman–Crippen MR) is 68.3 cm³/mol. The largest absolute Gasteiger partial charge is 0.0622 e. The maximum absolute atomic E-state index is 2.23. The number of hydrogen-bond acceptors (Lipinski definition) is 0. The summed E-state index contributed by atoms with van der Waals surface area (Å²) >= 11 is 0. The Kier molecular flexibility index (Phi) is 2.14. The van der Waals surface area contributed by atoms with Gasteiger partial charge < -0.3 is 0 Å². The summed E-state index contributed by atoms with van der Waals surface area (Å²) in [7, 11) is 0. The van der Waals surface area contributed by atoms with Crippen LogP contribution < -0.4 is 10.4 Å². The van der Waals surface area contributed by atoms with Crippen LogP contribution in [0.25, 0.3) is 11.1 Å². The van der Waals surface area contributed by atoms with Gasteiger partial charge in [0.1, 0.15) is 0 Å². The molecule has 0 atom stereocenters. The molecular weight excluding hydrogens is 192 g/mol. The number of fused-ring (bicyclic) bond motifs is 1. The molecule has 2 aromatic carbocycles. The molecule has 0 aromatic heterocycles. The van der Waals surface area contributed by atoms with Crippen LogP contribution in [0.2, 0.25) is 0 Å². The van der Waals surface area contributed by atoms with E-state index in [1.807, 2.05) is 0 Å². The van der Waals surface area contributed by atoms with Gasteiger partial charge in [-0.15, -0.1) is 0 Å². The molecular formula is C16H14. The van der Waals surface area contributed by atoms with Crippen LogP contribution in [0, 0.1) is 0 Å². The summed E-state index contributed by atoms with van der Waals surface area (Å²) in [5.41, 5.74) is 4.30. The topological polar surface area (TPSA) is 0 Å². The third kappa shape index (κ3) is 1.38. The molecule has 0 saturated heterocycles. The Bertz CT molecular complexity index is 633. The van der Waals surface area contributed by atoms with E-state index in [1.54, 1.807) is 0 Å². The van der Waals surface area contributed by atoms with E-state index in [9.17, 15) is 0 Å². The van der Waals surface area contributed by atoms with Gasteiger partial charge in [0, 0.05) is 0 Å². The molecule has 0 unspecified atom stereocenters. The summed E-state index contributed by atoms with van der Waals surface area (Å²) in [6.07, 6.45) is 1.09. The van der Waals surface area contributed by atoms with Gasteiger partial charge in [-0.1, -0.05) is 60.2 Å². The van der Waals surface area contributed by atoms with Crippen molar-refractivity contribution in [3.05, 3.63) is 70.6 Å². The van der Waals surface area contributed by atoms with Gasteiger partial charge in [-0.3, -0.25) is 0 Å². The molecule has 1 aliphatic carbocycles. The zero-order valence-corrected chi connectivity index (χ0v) is 9.40. The second-order valence-electron chi connectivity index (χ2n) is 4.35. The van der Waals surface area contributed by atoms with Crippen molar-refractivity contribution >= 4 is 11.1 Å². The van der Waals surface area contributed by atoms with Crippen molar-refractivity contribution in [2.75, 3.05) is 0 Å². The van der Waals surface area contributed by atoms with Crippen LogP contribution in [-0.4, -0.2) is 0 Å². The van der Waals surface area contributed by atoms with Gasteiger partial charge in [0.25, 0.3) is 0 Å². The van der Waals surface area contributed by atoms with E-state index >= 15 is 0 Å². The Morgan fingerprint density at radius 1 is 0.750 bits per heavy atom. The lowest BCUT2D eigenvalue weighted by atomic mass is 10.0. The molecule has 2 aromatic rings. The minimum Gasteiger partial charge on any atom is -0.0622 e. The summed E-state index contributed by atoms with van der Waals surface area (Å²) in [4.78, 5) is 0. The molecule has 0 N–H and O–H groups in total. The van der Waals surface area contributed by atoms with E-state index in [1.165, 1.54) is 27.1 Å². The Hall–Kier alpha value is -1.82. The van der Waals surface area contributed by atoms with Crippen molar-refractivity contribution in [1.82, 2.24) is 0 Å². The fourth-order valence-electron chi connectivity index (χ4n) is 2.47. The normalized spacial score (nSPS) is 14.1. The molecule has 0 fully saturated rings. The highest BCUT2D eigenvalue weighted by Gasteiger charge is 2.10. The lowest BCUT2D eigenvalue weighted by Crippen LogP contribution is -2.23. The van der Waals surface area contributed by atoms with Crippen molar-refractivity contribution in [3.8, 4) is 0 Å². The smallest absolute Gasteiger partial charge is 0.00485 e. The van der Waals surface area contributed by atoms with E-state index in [0.717, 1.165) is 6.42 Å². The fraction of sp³-hybridized carbons (Fsp3) is 0.125. The fourth-order valence-corrected chi connectivity index (χ4v) is 2.47. The van der Waals surface area contributed by atoms with Crippen LogP contribution in [0.4, 0.5) is 0 Å². The van der Waals surface area contributed by atoms with Crippen LogP contribution in [0.3, 0.4) is 0 Å². The molecule has 0 aliphatic heterocycles. The lowest BCUT2D eigenvalue weighted by molar-refractivity contribution is 1.40. The van der Waals surface area contributed by atoms with Gasteiger partial charge in [0.05, 0.1) is 0 Å². The van der Waals surface area contributed by atoms with Crippen LogP contribution in [0.15, 0.2) is 54.6 Å². The van der Waals surface area contributed by atoms with E-state index < -0.39 is 0 Å². The predicted octanol–water partition coefficient (Wildman–Crippen LogP) is 2.46. The molecule has 0 radical (unpaired) electrons. The van der Waals surface area contributed by atoms with Crippen LogP contribution in [0.5, 0.6) is 0 Å². The summed E-state index contributed by atoms with van der Waals surface area (Å²) in [6, 6.07) is 19.4. The average Bonchev–Trinajstić information content (AvgIpc) is 2.69. The van der Waals surface area contributed by atoms with E-state index in [-0.39, 0.29) is 0 Å². The first-order valence-electron chi connectivity index (χ1n) is 5.70. The molecule has 0 heteroatoms. The highest BCUT2D eigenvalue weighted by atomic mass is 14.1. The van der Waals surface area contributed by atoms with Gasteiger partial charge in [-0.2, -0.15) is 0 Å². The van der Waals surface area contributed by atoms with Gasteiger partial charge >= 0.3 is 0 Å². The second kappa shape index (κ2) is 3.64. The Balaban J connectivity index is 2.34. The summed E-state index contributed by atoms with van der Waals surface area (Å²) in [5.74, 6) is 0. The Morgan fingerprint density at radius 3 is 2.12 bits per heavy atom. The van der Waals surface area contributed by atoms with Gasteiger partial charge in [-0.25, -0.2) is 0 Å². The quantitative estimate of drug-likeness (QED) is 0.672. The van der Waals surface area contributed by atoms with Crippen molar-refractivity contribution in [1.29, 1.82) is 0 Å². The molecule has 0 spiro atoms. The van der Waals surface area contributed by atoms with E-state index in [2.05, 4.69) is 61.5 Å². The van der Waals surface area contributed by atoms with Crippen molar-refractivity contribution in [2.45, 2.75) is 13.3 Å². The van der Waals surface area contributed by atoms with Gasteiger partial charge in [0.15, 0.2) is 0 Å². The summed E-state index contributed by atoms with van der Waals surface area (Å²) in [5, 5.41) is 2.83. The summed E-state index contributed by atoms with van der Waals surface area (Å²) in [6.45, 7) is 2.23. The van der Waals surface area contributed by atoms with Gasteiger partial charge in [-0.05, 0) is 34.9 Å². The van der Waals surface area contributed by atoms with Crippen LogP contribution in [0.1, 0.15) is 18.9 Å². The first-order chi connectivity index (χ1) is 7.86.